The Balaban J connectivity index is 1.53. The minimum atomic E-state index is -0.363. The summed E-state index contributed by atoms with van der Waals surface area (Å²) >= 11 is 0. The van der Waals surface area contributed by atoms with Crippen LogP contribution in [0.1, 0.15) is 56.4 Å². The zero-order valence-electron chi connectivity index (χ0n) is 15.7. The van der Waals surface area contributed by atoms with E-state index in [4.69, 9.17) is 4.74 Å². The smallest absolute Gasteiger partial charge is 0.261 e. The van der Waals surface area contributed by atoms with Crippen molar-refractivity contribution in [3.63, 3.8) is 0 Å². The van der Waals surface area contributed by atoms with Crippen molar-refractivity contribution in [3.05, 3.63) is 64.7 Å². The van der Waals surface area contributed by atoms with Crippen LogP contribution < -0.4 is 5.32 Å². The van der Waals surface area contributed by atoms with Gasteiger partial charge in [0, 0.05) is 17.9 Å². The fraction of sp³-hybridized carbons (Fsp3) is 0.318. The number of benzene rings is 2. The van der Waals surface area contributed by atoms with Crippen molar-refractivity contribution in [2.24, 2.45) is 0 Å². The van der Waals surface area contributed by atoms with Gasteiger partial charge < -0.3 is 10.1 Å². The number of fused-ring (bicyclic) bond motifs is 1. The number of imide groups is 1. The summed E-state index contributed by atoms with van der Waals surface area (Å²) in [4.78, 5) is 39.2. The fourth-order valence-corrected chi connectivity index (χ4v) is 3.66. The number of carbonyl (C=O) groups excluding carboxylic acids is 3. The van der Waals surface area contributed by atoms with E-state index in [-0.39, 0.29) is 35.9 Å². The number of nitrogens with one attached hydrogen (secondary N) is 1. The van der Waals surface area contributed by atoms with Gasteiger partial charge >= 0.3 is 0 Å². The maximum Gasteiger partial charge on any atom is 0.261 e. The standard InChI is InChI=1S/C22H22N2O4/c1-2-14-5-3-6-16(11-14)23-20(25)15-8-9-18-19(12-15)22(27)24(21(18)26)13-17-7-4-10-28-17/h3,5-6,8-9,11-12,17H,2,4,7,10,13H2,1H3,(H,23,25). The molecule has 144 valence electrons. The molecule has 1 N–H and O–H groups in total. The molecule has 0 aliphatic carbocycles. The molecule has 0 spiro atoms. The maximum atomic E-state index is 12.7. The minimum Gasteiger partial charge on any atom is -0.376 e. The Morgan fingerprint density at radius 3 is 2.71 bits per heavy atom. The summed E-state index contributed by atoms with van der Waals surface area (Å²) in [6.07, 6.45) is 2.56. The van der Waals surface area contributed by atoms with E-state index in [9.17, 15) is 14.4 Å². The number of hydrogen-bond donors (Lipinski definition) is 1. The first kappa shape index (κ1) is 18.4. The van der Waals surface area contributed by atoms with E-state index < -0.39 is 0 Å². The van der Waals surface area contributed by atoms with Crippen molar-refractivity contribution >= 4 is 23.4 Å². The highest BCUT2D eigenvalue weighted by Gasteiger charge is 2.37. The summed E-state index contributed by atoms with van der Waals surface area (Å²) in [5.74, 6) is -0.995. The maximum absolute atomic E-state index is 12.7. The zero-order valence-corrected chi connectivity index (χ0v) is 15.7. The average Bonchev–Trinajstić information content (AvgIpc) is 3.31. The summed E-state index contributed by atoms with van der Waals surface area (Å²) in [5, 5.41) is 2.85. The van der Waals surface area contributed by atoms with Gasteiger partial charge in [0.2, 0.25) is 0 Å². The molecular weight excluding hydrogens is 356 g/mol. The number of aryl methyl sites for hydroxylation is 1. The second-order valence-electron chi connectivity index (χ2n) is 7.12. The second-order valence-corrected chi connectivity index (χ2v) is 7.12. The van der Waals surface area contributed by atoms with E-state index in [1.54, 1.807) is 12.1 Å². The molecular formula is C22H22N2O4. The van der Waals surface area contributed by atoms with Gasteiger partial charge in [-0.05, 0) is 55.2 Å². The van der Waals surface area contributed by atoms with Gasteiger partial charge in [0.1, 0.15) is 0 Å². The lowest BCUT2D eigenvalue weighted by Crippen LogP contribution is -2.36. The van der Waals surface area contributed by atoms with Crippen molar-refractivity contribution in [1.82, 2.24) is 4.90 Å². The van der Waals surface area contributed by atoms with Crippen LogP contribution in [0, 0.1) is 0 Å². The predicted molar refractivity (Wildman–Crippen MR) is 105 cm³/mol. The summed E-state index contributed by atoms with van der Waals surface area (Å²) in [6, 6.07) is 12.3. The van der Waals surface area contributed by atoms with E-state index in [1.165, 1.54) is 11.0 Å². The molecule has 1 saturated heterocycles. The quantitative estimate of drug-likeness (QED) is 0.810. The lowest BCUT2D eigenvalue weighted by atomic mass is 10.1. The molecule has 1 unspecified atom stereocenters. The third-order valence-electron chi connectivity index (χ3n) is 5.24. The number of hydrogen-bond acceptors (Lipinski definition) is 4. The van der Waals surface area contributed by atoms with Gasteiger partial charge in [-0.1, -0.05) is 19.1 Å². The summed E-state index contributed by atoms with van der Waals surface area (Å²) in [7, 11) is 0. The third kappa shape index (κ3) is 3.43. The number of anilines is 1. The van der Waals surface area contributed by atoms with Crippen LogP contribution in [0.25, 0.3) is 0 Å². The van der Waals surface area contributed by atoms with Gasteiger partial charge in [-0.2, -0.15) is 0 Å². The minimum absolute atomic E-state index is 0.101. The van der Waals surface area contributed by atoms with Gasteiger partial charge in [-0.3, -0.25) is 19.3 Å². The predicted octanol–water partition coefficient (Wildman–Crippen LogP) is 3.28. The van der Waals surface area contributed by atoms with E-state index in [2.05, 4.69) is 5.32 Å². The Labute approximate surface area is 163 Å². The SMILES string of the molecule is CCc1cccc(NC(=O)c2ccc3c(c2)C(=O)N(CC2CCCO2)C3=O)c1. The van der Waals surface area contributed by atoms with Crippen LogP contribution in [0.4, 0.5) is 5.69 Å². The van der Waals surface area contributed by atoms with Crippen LogP contribution in [-0.2, 0) is 11.2 Å². The van der Waals surface area contributed by atoms with Crippen molar-refractivity contribution in [1.29, 1.82) is 0 Å². The van der Waals surface area contributed by atoms with Gasteiger partial charge in [-0.15, -0.1) is 0 Å². The molecule has 2 heterocycles. The van der Waals surface area contributed by atoms with E-state index in [1.807, 2.05) is 31.2 Å². The number of rotatable bonds is 5. The molecule has 1 fully saturated rings. The Morgan fingerprint density at radius 2 is 1.96 bits per heavy atom. The van der Waals surface area contributed by atoms with Gasteiger partial charge in [0.15, 0.2) is 0 Å². The van der Waals surface area contributed by atoms with Crippen LogP contribution >= 0.6 is 0 Å². The fourth-order valence-electron chi connectivity index (χ4n) is 3.66. The van der Waals surface area contributed by atoms with Crippen LogP contribution in [0.15, 0.2) is 42.5 Å². The highest BCUT2D eigenvalue weighted by molar-refractivity contribution is 6.22. The molecule has 1 atom stereocenters. The molecule has 28 heavy (non-hydrogen) atoms. The summed E-state index contributed by atoms with van der Waals surface area (Å²) in [6.45, 7) is 2.97. The normalized spacial score (nSPS) is 18.5. The van der Waals surface area contributed by atoms with E-state index in [0.717, 1.165) is 24.8 Å². The highest BCUT2D eigenvalue weighted by Crippen LogP contribution is 2.26. The number of amides is 3. The third-order valence-corrected chi connectivity index (χ3v) is 5.24. The topological polar surface area (TPSA) is 75.7 Å². The molecule has 0 aromatic heterocycles. The Kier molecular flexibility index (Phi) is 4.96. The Hall–Kier alpha value is -2.99. The monoisotopic (exact) mass is 378 g/mol. The largest absolute Gasteiger partial charge is 0.376 e. The molecule has 0 bridgehead atoms. The van der Waals surface area contributed by atoms with Crippen molar-refractivity contribution < 1.29 is 19.1 Å². The van der Waals surface area contributed by atoms with Crippen LogP contribution in [0.2, 0.25) is 0 Å². The van der Waals surface area contributed by atoms with Gasteiger partial charge in [0.05, 0.1) is 23.8 Å². The molecule has 0 saturated carbocycles. The van der Waals surface area contributed by atoms with Crippen LogP contribution in [0.3, 0.4) is 0 Å². The molecule has 4 rings (SSSR count). The first-order valence-electron chi connectivity index (χ1n) is 9.59. The lowest BCUT2D eigenvalue weighted by Gasteiger charge is -2.17. The molecule has 6 heteroatoms. The van der Waals surface area contributed by atoms with Gasteiger partial charge in [-0.25, -0.2) is 0 Å². The summed E-state index contributed by atoms with van der Waals surface area (Å²) in [5.41, 5.74) is 2.79. The molecule has 0 radical (unpaired) electrons. The lowest BCUT2D eigenvalue weighted by molar-refractivity contribution is 0.0475. The van der Waals surface area contributed by atoms with Crippen LogP contribution in [0.5, 0.6) is 0 Å². The van der Waals surface area contributed by atoms with Crippen LogP contribution in [-0.4, -0.2) is 41.9 Å². The molecule has 2 aromatic rings. The van der Waals surface area contributed by atoms with Crippen molar-refractivity contribution in [2.75, 3.05) is 18.5 Å². The molecule has 2 aromatic carbocycles. The summed E-state index contributed by atoms with van der Waals surface area (Å²) < 4.78 is 5.55. The Bertz CT molecular complexity index is 947. The van der Waals surface area contributed by atoms with E-state index >= 15 is 0 Å². The first-order chi connectivity index (χ1) is 13.6. The molecule has 2 aliphatic heterocycles. The Morgan fingerprint density at radius 1 is 1.14 bits per heavy atom. The number of nitrogens with zero attached hydrogens (tertiary/aromatic N) is 1. The average molecular weight is 378 g/mol. The molecule has 2 aliphatic rings. The molecule has 6 nitrogen and oxygen atoms in total. The van der Waals surface area contributed by atoms with Crippen molar-refractivity contribution in [3.8, 4) is 0 Å². The van der Waals surface area contributed by atoms with Crippen molar-refractivity contribution in [2.45, 2.75) is 32.3 Å². The molecule has 3 amide bonds. The number of carbonyl (C=O) groups is 3. The highest BCUT2D eigenvalue weighted by atomic mass is 16.5. The first-order valence-corrected chi connectivity index (χ1v) is 9.59. The zero-order chi connectivity index (χ0) is 19.7. The second kappa shape index (κ2) is 7.56. The van der Waals surface area contributed by atoms with Gasteiger partial charge in [0.25, 0.3) is 17.7 Å². The number of ether oxygens (including phenoxy) is 1. The van der Waals surface area contributed by atoms with E-state index in [0.29, 0.717) is 23.4 Å².